The Kier molecular flexibility index (Phi) is 4.56. The summed E-state index contributed by atoms with van der Waals surface area (Å²) in [5.41, 5.74) is 1.44. The zero-order valence-electron chi connectivity index (χ0n) is 10.2. The fourth-order valence-corrected chi connectivity index (χ4v) is 1.42. The van der Waals surface area contributed by atoms with Crippen molar-refractivity contribution in [3.8, 4) is 0 Å². The molecular weight excluding hydrogens is 222 g/mol. The molecular formula is C11H17N3O3. The first-order valence-electron chi connectivity index (χ1n) is 5.50. The molecule has 1 aromatic heterocycles. The fraction of sp³-hybridized carbons (Fsp3) is 0.455. The highest BCUT2D eigenvalue weighted by molar-refractivity contribution is 6.01. The number of carbonyl (C=O) groups excluding carboxylic acids is 2. The number of hydrogen-bond donors (Lipinski definition) is 3. The van der Waals surface area contributed by atoms with Gasteiger partial charge in [0, 0.05) is 18.4 Å². The number of aryl methyl sites for hydroxylation is 1. The third-order valence-electron chi connectivity index (χ3n) is 2.14. The Morgan fingerprint density at radius 3 is 2.71 bits per heavy atom. The summed E-state index contributed by atoms with van der Waals surface area (Å²) in [6.45, 7) is 6.11. The molecule has 0 aliphatic carbocycles. The quantitative estimate of drug-likeness (QED) is 0.698. The van der Waals surface area contributed by atoms with Crippen LogP contribution in [0.2, 0.25) is 0 Å². The number of carbonyl (C=O) groups is 2. The van der Waals surface area contributed by atoms with Crippen molar-refractivity contribution in [1.29, 1.82) is 0 Å². The lowest BCUT2D eigenvalue weighted by molar-refractivity contribution is 0.0527. The van der Waals surface area contributed by atoms with Gasteiger partial charge in [-0.1, -0.05) is 0 Å². The standard InChI is InChI=1S/C11H17N3O3/c1-4-12-11(16)14-8-6-13-7(3)9(8)10(15)17-5-2/h6,13H,4-5H2,1-3H3,(H2,12,14,16). The molecule has 94 valence electrons. The number of rotatable bonds is 4. The second-order valence-electron chi connectivity index (χ2n) is 3.41. The van der Waals surface area contributed by atoms with Gasteiger partial charge in [-0.15, -0.1) is 0 Å². The molecule has 6 heteroatoms. The summed E-state index contributed by atoms with van der Waals surface area (Å²) >= 11 is 0. The van der Waals surface area contributed by atoms with Gasteiger partial charge in [0.15, 0.2) is 0 Å². The van der Waals surface area contributed by atoms with Crippen molar-refractivity contribution in [2.45, 2.75) is 20.8 Å². The van der Waals surface area contributed by atoms with E-state index in [1.807, 2.05) is 6.92 Å². The average molecular weight is 239 g/mol. The third kappa shape index (κ3) is 3.24. The Labute approximate surface area is 99.7 Å². The summed E-state index contributed by atoms with van der Waals surface area (Å²) in [6.07, 6.45) is 1.57. The highest BCUT2D eigenvalue weighted by Crippen LogP contribution is 2.20. The molecule has 6 nitrogen and oxygen atoms in total. The topological polar surface area (TPSA) is 83.2 Å². The van der Waals surface area contributed by atoms with Gasteiger partial charge in [-0.2, -0.15) is 0 Å². The lowest BCUT2D eigenvalue weighted by Gasteiger charge is -2.07. The number of H-pyrrole nitrogens is 1. The Morgan fingerprint density at radius 1 is 1.41 bits per heavy atom. The molecule has 0 fully saturated rings. The van der Waals surface area contributed by atoms with E-state index < -0.39 is 5.97 Å². The zero-order valence-corrected chi connectivity index (χ0v) is 10.2. The second kappa shape index (κ2) is 5.93. The zero-order chi connectivity index (χ0) is 12.8. The molecule has 0 unspecified atom stereocenters. The lowest BCUT2D eigenvalue weighted by atomic mass is 10.2. The normalized spacial score (nSPS) is 9.82. The largest absolute Gasteiger partial charge is 0.462 e. The van der Waals surface area contributed by atoms with Gasteiger partial charge >= 0.3 is 12.0 Å². The highest BCUT2D eigenvalue weighted by Gasteiger charge is 2.18. The van der Waals surface area contributed by atoms with Gasteiger partial charge in [0.2, 0.25) is 0 Å². The fourth-order valence-electron chi connectivity index (χ4n) is 1.42. The summed E-state index contributed by atoms with van der Waals surface area (Å²) in [7, 11) is 0. The van der Waals surface area contributed by atoms with Gasteiger partial charge in [0.25, 0.3) is 0 Å². The Morgan fingerprint density at radius 2 is 2.12 bits per heavy atom. The molecule has 0 saturated carbocycles. The van der Waals surface area contributed by atoms with Crippen molar-refractivity contribution >= 4 is 17.7 Å². The number of aromatic amines is 1. The van der Waals surface area contributed by atoms with E-state index in [0.29, 0.717) is 30.1 Å². The van der Waals surface area contributed by atoms with Crippen LogP contribution in [0.1, 0.15) is 29.9 Å². The molecule has 0 aliphatic heterocycles. The first-order chi connectivity index (χ1) is 8.10. The summed E-state index contributed by atoms with van der Waals surface area (Å²) in [5, 5.41) is 5.17. The molecule has 0 spiro atoms. The molecule has 1 aromatic rings. The van der Waals surface area contributed by atoms with Gasteiger partial charge in [-0.05, 0) is 20.8 Å². The monoisotopic (exact) mass is 239 g/mol. The van der Waals surface area contributed by atoms with E-state index in [2.05, 4.69) is 15.6 Å². The summed E-state index contributed by atoms with van der Waals surface area (Å²) in [5.74, 6) is -0.446. The second-order valence-corrected chi connectivity index (χ2v) is 3.41. The van der Waals surface area contributed by atoms with Crippen LogP contribution >= 0.6 is 0 Å². The highest BCUT2D eigenvalue weighted by atomic mass is 16.5. The van der Waals surface area contributed by atoms with E-state index in [1.165, 1.54) is 0 Å². The molecule has 0 atom stereocenters. The Bertz CT molecular complexity index is 412. The van der Waals surface area contributed by atoms with Crippen LogP contribution in [0.3, 0.4) is 0 Å². The van der Waals surface area contributed by atoms with Crippen molar-refractivity contribution in [3.63, 3.8) is 0 Å². The van der Waals surface area contributed by atoms with Crippen molar-refractivity contribution < 1.29 is 14.3 Å². The van der Waals surface area contributed by atoms with Gasteiger partial charge in [-0.3, -0.25) is 0 Å². The van der Waals surface area contributed by atoms with Crippen molar-refractivity contribution in [2.24, 2.45) is 0 Å². The number of urea groups is 1. The van der Waals surface area contributed by atoms with Crippen LogP contribution in [0, 0.1) is 6.92 Å². The van der Waals surface area contributed by atoms with Crippen LogP contribution in [0.5, 0.6) is 0 Å². The molecule has 0 bridgehead atoms. The van der Waals surface area contributed by atoms with E-state index in [9.17, 15) is 9.59 Å². The molecule has 0 radical (unpaired) electrons. The first-order valence-corrected chi connectivity index (χ1v) is 5.50. The maximum atomic E-state index is 11.7. The predicted molar refractivity (Wildman–Crippen MR) is 64.2 cm³/mol. The first kappa shape index (κ1) is 13.1. The maximum absolute atomic E-state index is 11.7. The molecule has 1 heterocycles. The van der Waals surface area contributed by atoms with Gasteiger partial charge in [-0.25, -0.2) is 9.59 Å². The van der Waals surface area contributed by atoms with Crippen LogP contribution in [-0.2, 0) is 4.74 Å². The maximum Gasteiger partial charge on any atom is 0.342 e. The minimum Gasteiger partial charge on any atom is -0.462 e. The van der Waals surface area contributed by atoms with Gasteiger partial charge < -0.3 is 20.4 Å². The van der Waals surface area contributed by atoms with Gasteiger partial charge in [0.05, 0.1) is 12.3 Å². The van der Waals surface area contributed by atoms with Crippen LogP contribution < -0.4 is 10.6 Å². The van der Waals surface area contributed by atoms with E-state index in [-0.39, 0.29) is 6.03 Å². The summed E-state index contributed by atoms with van der Waals surface area (Å²) in [6, 6.07) is -0.350. The minimum absolute atomic E-state index is 0.296. The number of aromatic nitrogens is 1. The number of amides is 2. The molecule has 3 N–H and O–H groups in total. The Hall–Kier alpha value is -1.98. The van der Waals surface area contributed by atoms with Crippen molar-refractivity contribution in [3.05, 3.63) is 17.5 Å². The molecule has 0 aliphatic rings. The number of hydrogen-bond acceptors (Lipinski definition) is 3. The van der Waals surface area contributed by atoms with Crippen LogP contribution in [0.25, 0.3) is 0 Å². The summed E-state index contributed by atoms with van der Waals surface area (Å²) in [4.78, 5) is 25.9. The van der Waals surface area contributed by atoms with Crippen molar-refractivity contribution in [1.82, 2.24) is 10.3 Å². The van der Waals surface area contributed by atoms with E-state index in [0.717, 1.165) is 0 Å². The molecule has 2 amide bonds. The van der Waals surface area contributed by atoms with E-state index in [4.69, 9.17) is 4.74 Å². The van der Waals surface area contributed by atoms with Crippen molar-refractivity contribution in [2.75, 3.05) is 18.5 Å². The number of ether oxygens (including phenoxy) is 1. The minimum atomic E-state index is -0.446. The molecule has 1 rings (SSSR count). The SMILES string of the molecule is CCNC(=O)Nc1c[nH]c(C)c1C(=O)OCC. The van der Waals surface area contributed by atoms with Gasteiger partial charge in [0.1, 0.15) is 5.56 Å². The number of esters is 1. The van der Waals surface area contributed by atoms with Crippen LogP contribution in [-0.4, -0.2) is 30.1 Å². The van der Waals surface area contributed by atoms with Crippen LogP contribution in [0.15, 0.2) is 6.20 Å². The van der Waals surface area contributed by atoms with Crippen LogP contribution in [0.4, 0.5) is 10.5 Å². The number of nitrogens with one attached hydrogen (secondary N) is 3. The number of anilines is 1. The van der Waals surface area contributed by atoms with E-state index >= 15 is 0 Å². The average Bonchev–Trinajstić information content (AvgIpc) is 2.60. The summed E-state index contributed by atoms with van der Waals surface area (Å²) < 4.78 is 4.92. The predicted octanol–water partition coefficient (Wildman–Crippen LogP) is 1.64. The van der Waals surface area contributed by atoms with E-state index in [1.54, 1.807) is 20.0 Å². The molecule has 0 aromatic carbocycles. The molecule has 17 heavy (non-hydrogen) atoms. The third-order valence-corrected chi connectivity index (χ3v) is 2.14. The lowest BCUT2D eigenvalue weighted by Crippen LogP contribution is -2.28. The Balaban J connectivity index is 2.86. The molecule has 0 saturated heterocycles. The smallest absolute Gasteiger partial charge is 0.342 e.